The van der Waals surface area contributed by atoms with Crippen molar-refractivity contribution in [2.45, 2.75) is 107 Å². The Morgan fingerprint density at radius 1 is 0.600 bits per heavy atom. The Labute approximate surface area is 175 Å². The molecular formula is C18H33BrCl3F3. The van der Waals surface area contributed by atoms with Crippen LogP contribution in [0.5, 0.6) is 0 Å². The second-order valence-corrected chi connectivity index (χ2v) is 9.35. The van der Waals surface area contributed by atoms with Gasteiger partial charge in [0.1, 0.15) is 0 Å². The Morgan fingerprint density at radius 2 is 0.840 bits per heavy atom. The first-order valence-electron chi connectivity index (χ1n) is 9.36. The van der Waals surface area contributed by atoms with Gasteiger partial charge in [-0.1, -0.05) is 141 Å². The van der Waals surface area contributed by atoms with Gasteiger partial charge in [0.05, 0.1) is 0 Å². The average molecular weight is 493 g/mol. The van der Waals surface area contributed by atoms with Crippen LogP contribution in [0.1, 0.15) is 96.8 Å². The molecule has 0 nitrogen and oxygen atoms in total. The fourth-order valence-electron chi connectivity index (χ4n) is 2.29. The molecule has 0 aromatic rings. The summed E-state index contributed by atoms with van der Waals surface area (Å²) in [7, 11) is 0. The van der Waals surface area contributed by atoms with Crippen LogP contribution in [0.3, 0.4) is 0 Å². The summed E-state index contributed by atoms with van der Waals surface area (Å²) in [5.74, 6) is 0. The van der Waals surface area contributed by atoms with Crippen molar-refractivity contribution in [1.29, 1.82) is 0 Å². The molecular weight excluding hydrogens is 459 g/mol. The maximum absolute atomic E-state index is 11.2. The molecule has 0 saturated heterocycles. The lowest BCUT2D eigenvalue weighted by atomic mass is 10.0. The minimum atomic E-state index is -4.77. The Kier molecular flexibility index (Phi) is 21.0. The van der Waals surface area contributed by atoms with Gasteiger partial charge in [-0.3, -0.25) is 0 Å². The van der Waals surface area contributed by atoms with Crippen LogP contribution in [0.4, 0.5) is 13.2 Å². The summed E-state index contributed by atoms with van der Waals surface area (Å²) in [4.78, 5) is 0. The van der Waals surface area contributed by atoms with E-state index in [1.54, 1.807) is 0 Å². The van der Waals surface area contributed by atoms with Crippen LogP contribution in [0.2, 0.25) is 0 Å². The van der Waals surface area contributed by atoms with E-state index in [2.05, 4.69) is 57.7 Å². The van der Waals surface area contributed by atoms with E-state index in [1.165, 1.54) is 95.2 Å². The molecule has 0 atom stereocenters. The van der Waals surface area contributed by atoms with Crippen molar-refractivity contribution in [2.75, 3.05) is 5.33 Å². The predicted molar refractivity (Wildman–Crippen MR) is 110 cm³/mol. The van der Waals surface area contributed by atoms with E-state index < -0.39 is 9.97 Å². The molecule has 25 heavy (non-hydrogen) atoms. The molecule has 0 spiro atoms. The van der Waals surface area contributed by atoms with Crippen molar-refractivity contribution in [3.05, 3.63) is 0 Å². The Bertz CT molecular complexity index is 243. The average Bonchev–Trinajstić information content (AvgIpc) is 2.50. The molecule has 0 unspecified atom stereocenters. The van der Waals surface area contributed by atoms with Crippen molar-refractivity contribution in [3.8, 4) is 0 Å². The number of hydrogen-bond donors (Lipinski definition) is 0. The summed E-state index contributed by atoms with van der Waals surface area (Å²) in [5, 5.41) is 1.19. The minimum Gasteiger partial charge on any atom is -0.166 e. The quantitative estimate of drug-likeness (QED) is 0.167. The van der Waals surface area contributed by atoms with E-state index in [0.29, 0.717) is 0 Å². The molecule has 0 aliphatic heterocycles. The fourth-order valence-corrected chi connectivity index (χ4v) is 2.69. The highest BCUT2D eigenvalue weighted by Crippen LogP contribution is 2.42. The third-order valence-corrected chi connectivity index (χ3v) is 5.01. The maximum Gasteiger partial charge on any atom is 0.435 e. The third kappa shape index (κ3) is 23.1. The molecule has 7 heteroatoms. The summed E-state index contributed by atoms with van der Waals surface area (Å²) in [5.41, 5.74) is 0. The first kappa shape index (κ1) is 28.4. The van der Waals surface area contributed by atoms with Gasteiger partial charge in [-0.05, 0) is 6.42 Å². The van der Waals surface area contributed by atoms with E-state index in [9.17, 15) is 13.2 Å². The van der Waals surface area contributed by atoms with Crippen molar-refractivity contribution in [1.82, 2.24) is 0 Å². The van der Waals surface area contributed by atoms with Gasteiger partial charge in [0, 0.05) is 5.33 Å². The number of rotatable bonds is 14. The topological polar surface area (TPSA) is 0 Å². The lowest BCUT2D eigenvalue weighted by molar-refractivity contribution is -0.124. The van der Waals surface area contributed by atoms with Crippen LogP contribution in [-0.4, -0.2) is 15.3 Å². The number of alkyl halides is 7. The summed E-state index contributed by atoms with van der Waals surface area (Å²) >= 11 is 16.7. The van der Waals surface area contributed by atoms with Crippen LogP contribution in [0.25, 0.3) is 0 Å². The Balaban J connectivity index is 0. The normalized spacial score (nSPS) is 12.0. The minimum absolute atomic E-state index is 1.19. The van der Waals surface area contributed by atoms with E-state index in [4.69, 9.17) is 0 Å². The van der Waals surface area contributed by atoms with Gasteiger partial charge in [-0.2, -0.15) is 13.2 Å². The molecule has 0 aliphatic rings. The van der Waals surface area contributed by atoms with Crippen molar-refractivity contribution in [3.63, 3.8) is 0 Å². The summed E-state index contributed by atoms with van der Waals surface area (Å²) in [6.45, 7) is 2.29. The fraction of sp³-hybridized carbons (Fsp3) is 1.00. The Hall–Kier alpha value is 1.14. The lowest BCUT2D eigenvalue weighted by Gasteiger charge is -2.13. The second kappa shape index (κ2) is 18.5. The van der Waals surface area contributed by atoms with Crippen molar-refractivity contribution in [2.24, 2.45) is 0 Å². The SMILES string of the molecule is CCCCCCCCCCCCCCCCBr.FC(F)(F)C(Cl)(Cl)Cl. The first-order valence-corrected chi connectivity index (χ1v) is 11.6. The van der Waals surface area contributed by atoms with Crippen LogP contribution >= 0.6 is 50.7 Å². The molecule has 0 bridgehead atoms. The van der Waals surface area contributed by atoms with Gasteiger partial charge in [-0.15, -0.1) is 0 Å². The zero-order chi connectivity index (χ0) is 19.6. The molecule has 0 fully saturated rings. The van der Waals surface area contributed by atoms with Crippen LogP contribution < -0.4 is 0 Å². The zero-order valence-corrected chi connectivity index (χ0v) is 19.1. The highest BCUT2D eigenvalue weighted by atomic mass is 79.9. The van der Waals surface area contributed by atoms with Gasteiger partial charge in [0.25, 0.3) is 3.79 Å². The molecule has 0 aromatic carbocycles. The first-order chi connectivity index (χ1) is 11.7. The summed E-state index contributed by atoms with van der Waals surface area (Å²) in [6.07, 6.45) is 15.5. The molecule has 0 aliphatic carbocycles. The highest BCUT2D eigenvalue weighted by Gasteiger charge is 2.51. The number of unbranched alkanes of at least 4 members (excludes halogenated alkanes) is 13. The van der Waals surface area contributed by atoms with Gasteiger partial charge in [0.15, 0.2) is 0 Å². The largest absolute Gasteiger partial charge is 0.435 e. The van der Waals surface area contributed by atoms with Crippen LogP contribution in [0, 0.1) is 0 Å². The van der Waals surface area contributed by atoms with E-state index in [1.807, 2.05) is 0 Å². The molecule has 0 radical (unpaired) electrons. The van der Waals surface area contributed by atoms with E-state index in [0.717, 1.165) is 0 Å². The highest BCUT2D eigenvalue weighted by molar-refractivity contribution is 9.09. The predicted octanol–water partition coefficient (Wildman–Crippen LogP) is 9.78. The van der Waals surface area contributed by atoms with Gasteiger partial charge in [0.2, 0.25) is 0 Å². The molecule has 0 heterocycles. The van der Waals surface area contributed by atoms with Gasteiger partial charge < -0.3 is 0 Å². The van der Waals surface area contributed by atoms with Crippen LogP contribution in [0.15, 0.2) is 0 Å². The molecule has 0 N–H and O–H groups in total. The van der Waals surface area contributed by atoms with Gasteiger partial charge >= 0.3 is 6.18 Å². The Morgan fingerprint density at radius 3 is 1.04 bits per heavy atom. The molecule has 0 saturated carbocycles. The number of halogens is 7. The van der Waals surface area contributed by atoms with E-state index >= 15 is 0 Å². The van der Waals surface area contributed by atoms with Crippen molar-refractivity contribution >= 4 is 50.7 Å². The summed E-state index contributed by atoms with van der Waals surface area (Å²) < 4.78 is 30.4. The monoisotopic (exact) mass is 490 g/mol. The molecule has 0 amide bonds. The lowest BCUT2D eigenvalue weighted by Crippen LogP contribution is -2.27. The maximum atomic E-state index is 11.2. The smallest absolute Gasteiger partial charge is 0.166 e. The standard InChI is InChI=1S/C16H33Br.C2Cl3F3/c1-2-3-4-5-6-7-8-9-10-11-12-13-14-15-16-17;3-1(4,5)2(6,7)8/h2-16H2,1H3;. The molecule has 0 aromatic heterocycles. The van der Waals surface area contributed by atoms with Crippen molar-refractivity contribution < 1.29 is 13.2 Å². The zero-order valence-electron chi connectivity index (χ0n) is 15.3. The third-order valence-electron chi connectivity index (χ3n) is 3.81. The second-order valence-electron chi connectivity index (χ2n) is 6.28. The summed E-state index contributed by atoms with van der Waals surface area (Å²) in [6, 6.07) is 0. The van der Waals surface area contributed by atoms with E-state index in [-0.39, 0.29) is 0 Å². The van der Waals surface area contributed by atoms with Gasteiger partial charge in [-0.25, -0.2) is 0 Å². The molecule has 0 rings (SSSR count). The molecule has 154 valence electrons. The number of hydrogen-bond acceptors (Lipinski definition) is 0. The van der Waals surface area contributed by atoms with Crippen LogP contribution in [-0.2, 0) is 0 Å².